The van der Waals surface area contributed by atoms with Crippen LogP contribution in [0.5, 0.6) is 0 Å². The first kappa shape index (κ1) is 19.8. The molecule has 2 aromatic heterocycles. The number of carbonyl (C=O) groups is 1. The number of para-hydroxylation sites is 1. The number of aromatic nitrogens is 3. The van der Waals surface area contributed by atoms with Gasteiger partial charge in [0, 0.05) is 17.2 Å². The molecule has 6 heteroatoms. The third-order valence-electron chi connectivity index (χ3n) is 5.70. The number of ether oxygens (including phenoxy) is 1. The molecule has 0 aliphatic heterocycles. The van der Waals surface area contributed by atoms with Crippen molar-refractivity contribution in [1.82, 2.24) is 14.5 Å². The summed E-state index contributed by atoms with van der Waals surface area (Å²) in [5.41, 5.74) is 5.40. The number of esters is 1. The van der Waals surface area contributed by atoms with Crippen LogP contribution in [0.4, 0.5) is 0 Å². The smallest absolute Gasteiger partial charge is 0.340 e. The first-order chi connectivity index (χ1) is 15.2. The van der Waals surface area contributed by atoms with Gasteiger partial charge in [-0.05, 0) is 37.0 Å². The zero-order chi connectivity index (χ0) is 21.4. The highest BCUT2D eigenvalue weighted by molar-refractivity contribution is 7.98. The lowest BCUT2D eigenvalue weighted by atomic mass is 10.0. The molecule has 0 unspecified atom stereocenters. The minimum Gasteiger partial charge on any atom is -0.465 e. The largest absolute Gasteiger partial charge is 0.465 e. The SMILES string of the molecule is COC(=O)c1c(CSc2ncc(-c3ccccc3)n2C2CC2)nc2ccccc2c1C. The average molecular weight is 430 g/mol. The quantitative estimate of drug-likeness (QED) is 0.285. The van der Waals surface area contributed by atoms with Gasteiger partial charge >= 0.3 is 5.97 Å². The molecule has 1 fully saturated rings. The maximum Gasteiger partial charge on any atom is 0.340 e. The molecule has 0 atom stereocenters. The van der Waals surface area contributed by atoms with Gasteiger partial charge in [0.25, 0.3) is 0 Å². The van der Waals surface area contributed by atoms with E-state index in [-0.39, 0.29) is 5.97 Å². The summed E-state index contributed by atoms with van der Waals surface area (Å²) in [7, 11) is 1.42. The number of aryl methyl sites for hydroxylation is 1. The summed E-state index contributed by atoms with van der Waals surface area (Å²) in [5, 5.41) is 1.94. The lowest BCUT2D eigenvalue weighted by Gasteiger charge is -2.14. The first-order valence-corrected chi connectivity index (χ1v) is 11.4. The molecule has 2 aromatic carbocycles. The number of benzene rings is 2. The van der Waals surface area contributed by atoms with Crippen molar-refractivity contribution in [2.75, 3.05) is 7.11 Å². The monoisotopic (exact) mass is 429 g/mol. The Labute approximate surface area is 185 Å². The van der Waals surface area contributed by atoms with E-state index in [1.54, 1.807) is 11.8 Å². The third kappa shape index (κ3) is 3.72. The van der Waals surface area contributed by atoms with Crippen LogP contribution in [0, 0.1) is 6.92 Å². The lowest BCUT2D eigenvalue weighted by Crippen LogP contribution is -2.10. The molecule has 156 valence electrons. The van der Waals surface area contributed by atoms with Crippen molar-refractivity contribution < 1.29 is 9.53 Å². The van der Waals surface area contributed by atoms with Crippen molar-refractivity contribution in [2.45, 2.75) is 36.7 Å². The van der Waals surface area contributed by atoms with Crippen molar-refractivity contribution >= 4 is 28.6 Å². The van der Waals surface area contributed by atoms with E-state index < -0.39 is 0 Å². The van der Waals surface area contributed by atoms with Gasteiger partial charge in [-0.25, -0.2) is 9.78 Å². The number of carbonyl (C=O) groups excluding carboxylic acids is 1. The Hall–Kier alpha value is -3.12. The van der Waals surface area contributed by atoms with Gasteiger partial charge in [-0.1, -0.05) is 60.3 Å². The number of nitrogens with zero attached hydrogens (tertiary/aromatic N) is 3. The molecule has 0 saturated heterocycles. The van der Waals surface area contributed by atoms with Crippen molar-refractivity contribution in [3.8, 4) is 11.3 Å². The molecule has 2 heterocycles. The molecular weight excluding hydrogens is 406 g/mol. The van der Waals surface area contributed by atoms with E-state index in [1.165, 1.54) is 25.5 Å². The zero-order valence-corrected chi connectivity index (χ0v) is 18.4. The maximum atomic E-state index is 12.6. The molecule has 31 heavy (non-hydrogen) atoms. The molecule has 0 amide bonds. The van der Waals surface area contributed by atoms with Crippen molar-refractivity contribution in [3.05, 3.63) is 77.6 Å². The molecule has 0 N–H and O–H groups in total. The summed E-state index contributed by atoms with van der Waals surface area (Å²) in [6.45, 7) is 1.96. The molecule has 0 spiro atoms. The standard InChI is InChI=1S/C25H23N3O2S/c1-16-19-10-6-7-11-20(19)27-21(23(16)24(29)30-2)15-31-25-26-14-22(28(25)18-12-13-18)17-8-4-3-5-9-17/h3-11,14,18H,12-13,15H2,1-2H3. The molecule has 0 bridgehead atoms. The summed E-state index contributed by atoms with van der Waals surface area (Å²) in [4.78, 5) is 22.1. The lowest BCUT2D eigenvalue weighted by molar-refractivity contribution is 0.0598. The highest BCUT2D eigenvalue weighted by Gasteiger charge is 2.29. The number of hydrogen-bond acceptors (Lipinski definition) is 5. The van der Waals surface area contributed by atoms with E-state index in [1.807, 2.05) is 43.5 Å². The molecule has 5 nitrogen and oxygen atoms in total. The Morgan fingerprint density at radius 3 is 2.61 bits per heavy atom. The highest BCUT2D eigenvalue weighted by Crippen LogP contribution is 2.42. The van der Waals surface area contributed by atoms with E-state index in [4.69, 9.17) is 14.7 Å². The van der Waals surface area contributed by atoms with Crippen LogP contribution in [0.1, 0.15) is 40.5 Å². The predicted octanol–water partition coefficient (Wildman–Crippen LogP) is 5.82. The summed E-state index contributed by atoms with van der Waals surface area (Å²) in [5.74, 6) is 0.204. The van der Waals surface area contributed by atoms with Gasteiger partial charge in [-0.2, -0.15) is 0 Å². The van der Waals surface area contributed by atoms with Gasteiger partial charge in [-0.15, -0.1) is 0 Å². The Bertz CT molecular complexity index is 1260. The van der Waals surface area contributed by atoms with E-state index in [0.717, 1.165) is 33.0 Å². The number of methoxy groups -OCH3 is 1. The minimum absolute atomic E-state index is 0.345. The Morgan fingerprint density at radius 1 is 1.13 bits per heavy atom. The van der Waals surface area contributed by atoms with Gasteiger partial charge in [0.15, 0.2) is 5.16 Å². The van der Waals surface area contributed by atoms with E-state index in [9.17, 15) is 4.79 Å². The first-order valence-electron chi connectivity index (χ1n) is 10.4. The normalized spacial score (nSPS) is 13.5. The summed E-state index contributed by atoms with van der Waals surface area (Å²) in [6, 6.07) is 18.8. The van der Waals surface area contributed by atoms with Crippen LogP contribution >= 0.6 is 11.8 Å². The second-order valence-corrected chi connectivity index (χ2v) is 8.69. The predicted molar refractivity (Wildman–Crippen MR) is 123 cm³/mol. The van der Waals surface area contributed by atoms with Crippen LogP contribution in [-0.4, -0.2) is 27.6 Å². The molecule has 5 rings (SSSR count). The van der Waals surface area contributed by atoms with Crippen molar-refractivity contribution in [1.29, 1.82) is 0 Å². The van der Waals surface area contributed by atoms with Gasteiger partial charge in [-0.3, -0.25) is 4.98 Å². The van der Waals surface area contributed by atoms with Gasteiger partial charge in [0.05, 0.1) is 35.8 Å². The minimum atomic E-state index is -0.345. The number of fused-ring (bicyclic) bond motifs is 1. The number of pyridine rings is 1. The zero-order valence-electron chi connectivity index (χ0n) is 17.5. The molecule has 1 aliphatic carbocycles. The van der Waals surface area contributed by atoms with Crippen LogP contribution in [0.25, 0.3) is 22.2 Å². The Morgan fingerprint density at radius 2 is 1.87 bits per heavy atom. The Balaban J connectivity index is 1.52. The van der Waals surface area contributed by atoms with Gasteiger partial charge < -0.3 is 9.30 Å². The highest BCUT2D eigenvalue weighted by atomic mass is 32.2. The number of hydrogen-bond donors (Lipinski definition) is 0. The molecule has 1 aliphatic rings. The number of rotatable bonds is 6. The fourth-order valence-electron chi connectivity index (χ4n) is 4.01. The third-order valence-corrected chi connectivity index (χ3v) is 6.68. The molecule has 0 radical (unpaired) electrons. The van der Waals surface area contributed by atoms with Crippen LogP contribution in [-0.2, 0) is 10.5 Å². The second kappa shape index (κ2) is 8.19. The van der Waals surface area contributed by atoms with Crippen LogP contribution in [0.3, 0.4) is 0 Å². The number of imidazole rings is 1. The fraction of sp³-hybridized carbons (Fsp3) is 0.240. The van der Waals surface area contributed by atoms with Gasteiger partial charge in [0.1, 0.15) is 0 Å². The molecule has 4 aromatic rings. The van der Waals surface area contributed by atoms with Crippen LogP contribution in [0.15, 0.2) is 66.0 Å². The number of thioether (sulfide) groups is 1. The summed E-state index contributed by atoms with van der Waals surface area (Å²) >= 11 is 1.62. The van der Waals surface area contributed by atoms with Crippen molar-refractivity contribution in [2.24, 2.45) is 0 Å². The topological polar surface area (TPSA) is 57.0 Å². The van der Waals surface area contributed by atoms with E-state index >= 15 is 0 Å². The Kier molecular flexibility index (Phi) is 5.24. The fourth-order valence-corrected chi connectivity index (χ4v) is 5.00. The average Bonchev–Trinajstić information content (AvgIpc) is 3.56. The van der Waals surface area contributed by atoms with E-state index in [0.29, 0.717) is 17.4 Å². The second-order valence-electron chi connectivity index (χ2n) is 7.75. The van der Waals surface area contributed by atoms with Crippen LogP contribution in [0.2, 0.25) is 0 Å². The molecule has 1 saturated carbocycles. The molecular formula is C25H23N3O2S. The van der Waals surface area contributed by atoms with E-state index in [2.05, 4.69) is 28.8 Å². The van der Waals surface area contributed by atoms with Gasteiger partial charge in [0.2, 0.25) is 0 Å². The maximum absolute atomic E-state index is 12.6. The van der Waals surface area contributed by atoms with Crippen molar-refractivity contribution in [3.63, 3.8) is 0 Å². The summed E-state index contributed by atoms with van der Waals surface area (Å²) in [6.07, 6.45) is 4.30. The van der Waals surface area contributed by atoms with Crippen LogP contribution < -0.4 is 0 Å². The summed E-state index contributed by atoms with van der Waals surface area (Å²) < 4.78 is 7.42.